The second-order valence-corrected chi connectivity index (χ2v) is 13.5. The minimum absolute atomic E-state index is 0.0101. The summed E-state index contributed by atoms with van der Waals surface area (Å²) < 4.78 is 10.8. The largest absolute Gasteiger partial charge is 0.456 e. The molecule has 4 rings (SSSR count). The minimum atomic E-state index is -1.16. The molecule has 0 aromatic rings. The van der Waals surface area contributed by atoms with Gasteiger partial charge in [-0.25, -0.2) is 0 Å². The number of rotatable bonds is 6. The molecule has 0 unspecified atom stereocenters. The molecule has 3 aliphatic heterocycles. The third kappa shape index (κ3) is 10.7. The molecule has 3 fully saturated rings. The van der Waals surface area contributed by atoms with Crippen molar-refractivity contribution < 1.29 is 38.2 Å². The lowest BCUT2D eigenvalue weighted by Crippen LogP contribution is -2.59. The molecule has 5 N–H and O–H groups in total. The summed E-state index contributed by atoms with van der Waals surface area (Å²) in [6, 6.07) is -2.12. The number of morpholine rings is 1. The Kier molecular flexibility index (Phi) is 12.5. The molecule has 14 nitrogen and oxygen atoms in total. The molecular weight excluding hydrogens is 600 g/mol. The quantitative estimate of drug-likeness (QED) is 0.131. The van der Waals surface area contributed by atoms with Gasteiger partial charge in [0.05, 0.1) is 19.6 Å². The zero-order chi connectivity index (χ0) is 30.7. The van der Waals surface area contributed by atoms with E-state index < -0.39 is 59.9 Å². The molecule has 2 bridgehead atoms. The molecule has 0 aromatic carbocycles. The minimum Gasteiger partial charge on any atom is -0.456 e. The van der Waals surface area contributed by atoms with E-state index in [9.17, 15) is 28.8 Å². The lowest BCUT2D eigenvalue weighted by Gasteiger charge is -2.26. The number of nitrogens with zero attached hydrogens (tertiary/aromatic N) is 1. The van der Waals surface area contributed by atoms with Gasteiger partial charge < -0.3 is 36.1 Å². The lowest BCUT2D eigenvalue weighted by atomic mass is 10.1. The zero-order valence-corrected chi connectivity index (χ0v) is 25.7. The summed E-state index contributed by atoms with van der Waals surface area (Å²) in [6.45, 7) is 3.61. The van der Waals surface area contributed by atoms with Crippen molar-refractivity contribution >= 4 is 57.1 Å². The zero-order valence-electron chi connectivity index (χ0n) is 24.0. The summed E-state index contributed by atoms with van der Waals surface area (Å²) in [5, 5.41) is 13.5. The Morgan fingerprint density at radius 1 is 1.07 bits per heavy atom. The summed E-state index contributed by atoms with van der Waals surface area (Å²) in [4.78, 5) is 80.1. The molecule has 16 heteroatoms. The van der Waals surface area contributed by atoms with Crippen molar-refractivity contribution in [2.24, 2.45) is 0 Å². The molecule has 1 spiro atoms. The van der Waals surface area contributed by atoms with E-state index in [1.165, 1.54) is 21.6 Å². The average molecular weight is 641 g/mol. The predicted molar refractivity (Wildman–Crippen MR) is 160 cm³/mol. The van der Waals surface area contributed by atoms with E-state index in [-0.39, 0.29) is 30.9 Å². The van der Waals surface area contributed by atoms with Crippen LogP contribution in [-0.4, -0.2) is 122 Å². The van der Waals surface area contributed by atoms with Crippen molar-refractivity contribution in [1.82, 2.24) is 31.5 Å². The number of carbonyl (C=O) groups is 6. The number of ether oxygens (including phenoxy) is 2. The van der Waals surface area contributed by atoms with Gasteiger partial charge in [-0.05, 0) is 31.8 Å². The number of nitrogens with one attached hydrogen (secondary N) is 5. The van der Waals surface area contributed by atoms with Crippen molar-refractivity contribution in [1.29, 1.82) is 0 Å². The van der Waals surface area contributed by atoms with Crippen LogP contribution in [0.15, 0.2) is 12.2 Å². The van der Waals surface area contributed by atoms with Crippen molar-refractivity contribution in [3.05, 3.63) is 12.2 Å². The second kappa shape index (κ2) is 16.3. The third-order valence-corrected chi connectivity index (χ3v) is 9.89. The highest BCUT2D eigenvalue weighted by atomic mass is 33.1. The maximum Gasteiger partial charge on any atom is 0.326 e. The van der Waals surface area contributed by atoms with Gasteiger partial charge in [-0.3, -0.25) is 33.7 Å². The van der Waals surface area contributed by atoms with E-state index in [0.717, 1.165) is 13.1 Å². The van der Waals surface area contributed by atoms with E-state index in [1.54, 1.807) is 12.2 Å². The van der Waals surface area contributed by atoms with E-state index in [2.05, 4.69) is 31.5 Å². The number of carbonyl (C=O) groups excluding carboxylic acids is 6. The summed E-state index contributed by atoms with van der Waals surface area (Å²) in [6.07, 6.45) is 3.61. The van der Waals surface area contributed by atoms with Gasteiger partial charge in [-0.1, -0.05) is 27.7 Å². The number of allylic oxidation sites excluding steroid dienone is 1. The van der Waals surface area contributed by atoms with Gasteiger partial charge in [0, 0.05) is 44.1 Å². The molecule has 43 heavy (non-hydrogen) atoms. The molecular formula is C27H40N6O8S2. The summed E-state index contributed by atoms with van der Waals surface area (Å²) in [5.41, 5.74) is -1.16. The first-order valence-corrected chi connectivity index (χ1v) is 17.1. The summed E-state index contributed by atoms with van der Waals surface area (Å²) in [7, 11) is 2.91. The predicted octanol–water partition coefficient (Wildman–Crippen LogP) is -1.39. The van der Waals surface area contributed by atoms with Crippen LogP contribution in [0.2, 0.25) is 0 Å². The molecule has 4 aliphatic rings. The Bertz CT molecular complexity index is 1080. The van der Waals surface area contributed by atoms with Crippen LogP contribution in [-0.2, 0) is 38.2 Å². The normalized spacial score (nSPS) is 28.4. The van der Waals surface area contributed by atoms with E-state index in [0.29, 0.717) is 51.3 Å². The van der Waals surface area contributed by atoms with Crippen molar-refractivity contribution in [2.75, 3.05) is 57.4 Å². The van der Waals surface area contributed by atoms with Gasteiger partial charge in [0.1, 0.15) is 30.3 Å². The molecule has 3 heterocycles. The SMILES string of the molecule is O=C(CC[C@H]1NC(=O)C[C@@H]2/C=C/CCSSC[C@H](NC1=O)C(=O)NC1(CC1)C(=O)NCC(=O)O2)NCCN1CCOCC1. The van der Waals surface area contributed by atoms with Gasteiger partial charge in [-0.2, -0.15) is 0 Å². The second-order valence-electron chi connectivity index (χ2n) is 10.8. The smallest absolute Gasteiger partial charge is 0.326 e. The van der Waals surface area contributed by atoms with Crippen LogP contribution in [0.25, 0.3) is 0 Å². The van der Waals surface area contributed by atoms with E-state index >= 15 is 0 Å². The summed E-state index contributed by atoms with van der Waals surface area (Å²) >= 11 is 0. The van der Waals surface area contributed by atoms with Crippen LogP contribution in [0.5, 0.6) is 0 Å². The molecule has 0 aromatic heterocycles. The molecule has 1 aliphatic carbocycles. The third-order valence-electron chi connectivity index (χ3n) is 7.45. The fraction of sp³-hybridized carbons (Fsp3) is 0.704. The highest BCUT2D eigenvalue weighted by Gasteiger charge is 2.52. The molecule has 1 saturated carbocycles. The maximum atomic E-state index is 13.5. The van der Waals surface area contributed by atoms with Crippen molar-refractivity contribution in [2.45, 2.75) is 62.3 Å². The first-order chi connectivity index (χ1) is 20.7. The number of fused-ring (bicyclic) bond motifs is 7. The Morgan fingerprint density at radius 3 is 2.63 bits per heavy atom. The van der Waals surface area contributed by atoms with Gasteiger partial charge in [-0.15, -0.1) is 0 Å². The van der Waals surface area contributed by atoms with Crippen molar-refractivity contribution in [3.8, 4) is 0 Å². The average Bonchev–Trinajstić information content (AvgIpc) is 3.76. The molecule has 5 amide bonds. The van der Waals surface area contributed by atoms with Crippen LogP contribution >= 0.6 is 21.6 Å². The monoisotopic (exact) mass is 640 g/mol. The van der Waals surface area contributed by atoms with Crippen LogP contribution in [0.3, 0.4) is 0 Å². The van der Waals surface area contributed by atoms with Gasteiger partial charge in [0.2, 0.25) is 29.5 Å². The first-order valence-electron chi connectivity index (χ1n) is 14.6. The molecule has 2 saturated heterocycles. The highest BCUT2D eigenvalue weighted by molar-refractivity contribution is 8.76. The van der Waals surface area contributed by atoms with Gasteiger partial charge >= 0.3 is 5.97 Å². The van der Waals surface area contributed by atoms with Crippen molar-refractivity contribution in [3.63, 3.8) is 0 Å². The first kappa shape index (κ1) is 33.1. The Balaban J connectivity index is 1.48. The van der Waals surface area contributed by atoms with Gasteiger partial charge in [0.15, 0.2) is 0 Å². The van der Waals surface area contributed by atoms with E-state index in [4.69, 9.17) is 9.47 Å². The fourth-order valence-electron chi connectivity index (χ4n) is 4.78. The van der Waals surface area contributed by atoms with Crippen LogP contribution in [0, 0.1) is 0 Å². The standard InChI is InChI=1S/C27H40N6O8S2/c34-21(28-8-9-33-10-12-40-13-11-33)5-4-19-24(37)31-20-17-43-42-14-2-1-3-18(15-22(35)30-19)41-23(36)16-29-26(39)27(6-7-27)32-25(20)38/h1,3,18-20H,2,4-17H2,(H,28,34)(H,29,39)(H,30,35)(H,31,37)(H,32,38)/b3-1+/t18-,19+,20-/m0/s1. The maximum absolute atomic E-state index is 13.5. The highest BCUT2D eigenvalue weighted by Crippen LogP contribution is 2.36. The van der Waals surface area contributed by atoms with Gasteiger partial charge in [0.25, 0.3) is 0 Å². The molecule has 0 radical (unpaired) electrons. The number of amides is 5. The lowest BCUT2D eigenvalue weighted by molar-refractivity contribution is -0.148. The Hall–Kier alpha value is -2.82. The number of esters is 1. The van der Waals surface area contributed by atoms with E-state index in [1.807, 2.05) is 0 Å². The van der Waals surface area contributed by atoms with Crippen LogP contribution in [0.4, 0.5) is 0 Å². The fourth-order valence-corrected chi connectivity index (χ4v) is 6.94. The Morgan fingerprint density at radius 2 is 1.86 bits per heavy atom. The Labute approximate surface area is 258 Å². The number of hydrogen-bond donors (Lipinski definition) is 5. The summed E-state index contributed by atoms with van der Waals surface area (Å²) in [5.74, 6) is -2.35. The van der Waals surface area contributed by atoms with Crippen LogP contribution < -0.4 is 26.6 Å². The topological polar surface area (TPSA) is 184 Å². The molecule has 3 atom stereocenters. The molecule has 238 valence electrons. The van der Waals surface area contributed by atoms with Crippen LogP contribution in [0.1, 0.15) is 38.5 Å². The number of hydrogen-bond acceptors (Lipinski definition) is 11.